The molecule has 0 bridgehead atoms. The van der Waals surface area contributed by atoms with E-state index in [1.54, 1.807) is 12.2 Å². The molecule has 0 spiro atoms. The average Bonchev–Trinajstić information content (AvgIpc) is 3.03. The van der Waals surface area contributed by atoms with Crippen LogP contribution in [0, 0.1) is 0 Å². The van der Waals surface area contributed by atoms with Gasteiger partial charge in [-0.3, -0.25) is 19.2 Å². The first-order valence-electron chi connectivity index (χ1n) is 14.6. The van der Waals surface area contributed by atoms with E-state index in [1.165, 1.54) is 0 Å². The Morgan fingerprint density at radius 2 is 0.976 bits per heavy atom. The number of hydrogen-bond donors (Lipinski definition) is 0. The largest absolute Gasteiger partial charge is 0.347 e. The van der Waals surface area contributed by atoms with Crippen molar-refractivity contribution < 1.29 is 0 Å². The summed E-state index contributed by atoms with van der Waals surface area (Å²) in [5.74, 6) is 0. The van der Waals surface area contributed by atoms with Gasteiger partial charge in [0.05, 0.1) is 0 Å². The van der Waals surface area contributed by atoms with Crippen molar-refractivity contribution in [1.29, 1.82) is 0 Å². The molecule has 42 heavy (non-hydrogen) atoms. The van der Waals surface area contributed by atoms with E-state index in [0.29, 0.717) is 0 Å². The van der Waals surface area contributed by atoms with Gasteiger partial charge in [0.2, 0.25) is 21.7 Å². The van der Waals surface area contributed by atoms with Gasteiger partial charge < -0.3 is 9.80 Å². The number of anilines is 2. The zero-order valence-electron chi connectivity index (χ0n) is 23.9. The van der Waals surface area contributed by atoms with Crippen molar-refractivity contribution >= 4 is 34.7 Å². The van der Waals surface area contributed by atoms with Crippen LogP contribution >= 0.6 is 0 Å². The van der Waals surface area contributed by atoms with Crippen LogP contribution in [0.5, 0.6) is 0 Å². The summed E-state index contributed by atoms with van der Waals surface area (Å²) in [5, 5.41) is 0. The van der Waals surface area contributed by atoms with Gasteiger partial charge in [-0.15, -0.1) is 0 Å². The van der Waals surface area contributed by atoms with Crippen LogP contribution in [0.2, 0.25) is 0 Å². The lowest BCUT2D eigenvalue weighted by Gasteiger charge is -2.28. The standard InChI is InChI=1S/C36H32N2O4/c1-3-5-17-37-19-15-23(25-11-7-9-13-29(25)37)21-27-31(35(41)33(27)39)32-28(34(40)36(32)42)22-24-16-20-38(18-6-4-2)30-14-10-8-12-26(24)30/h7-16,19-22H,3-6,17-18H2,1-2H3/b23-21+,24-22+. The van der Waals surface area contributed by atoms with E-state index in [9.17, 15) is 19.2 Å². The monoisotopic (exact) mass is 556 g/mol. The van der Waals surface area contributed by atoms with Crippen LogP contribution in [-0.4, -0.2) is 13.1 Å². The minimum absolute atomic E-state index is 0.0425. The summed E-state index contributed by atoms with van der Waals surface area (Å²) >= 11 is 0. The normalized spacial score (nSPS) is 16.1. The average molecular weight is 557 g/mol. The highest BCUT2D eigenvalue weighted by Crippen LogP contribution is 2.37. The molecule has 2 aliphatic rings. The van der Waals surface area contributed by atoms with E-state index < -0.39 is 21.7 Å². The van der Waals surface area contributed by atoms with Crippen molar-refractivity contribution in [2.45, 2.75) is 39.5 Å². The first-order chi connectivity index (χ1) is 20.4. The molecule has 0 aromatic heterocycles. The topological polar surface area (TPSA) is 74.8 Å². The molecule has 0 N–H and O–H groups in total. The molecule has 0 aliphatic carbocycles. The number of hydrogen-bond acceptors (Lipinski definition) is 6. The van der Waals surface area contributed by atoms with E-state index >= 15 is 0 Å². The van der Waals surface area contributed by atoms with Crippen molar-refractivity contribution in [1.82, 2.24) is 0 Å². The predicted octanol–water partition coefficient (Wildman–Crippen LogP) is 5.89. The molecule has 6 rings (SSSR count). The van der Waals surface area contributed by atoms with Crippen molar-refractivity contribution in [3.05, 3.63) is 136 Å². The minimum atomic E-state index is -0.725. The van der Waals surface area contributed by atoms with Gasteiger partial charge in [0.25, 0.3) is 0 Å². The van der Waals surface area contributed by atoms with E-state index in [2.05, 4.69) is 23.6 Å². The first kappa shape index (κ1) is 27.3. The van der Waals surface area contributed by atoms with Crippen LogP contribution in [-0.2, 0) is 0 Å². The Bertz CT molecular complexity index is 1810. The summed E-state index contributed by atoms with van der Waals surface area (Å²) in [7, 11) is 0. The highest BCUT2D eigenvalue weighted by Gasteiger charge is 2.31. The maximum absolute atomic E-state index is 12.9. The Kier molecular flexibility index (Phi) is 7.29. The summed E-state index contributed by atoms with van der Waals surface area (Å²) < 4.78 is 0. The summed E-state index contributed by atoms with van der Waals surface area (Å²) in [6.45, 7) is 6.04. The molecule has 4 aromatic carbocycles. The van der Waals surface area contributed by atoms with Crippen LogP contribution in [0.3, 0.4) is 0 Å². The number of rotatable bonds is 9. The van der Waals surface area contributed by atoms with Gasteiger partial charge >= 0.3 is 0 Å². The van der Waals surface area contributed by atoms with Gasteiger partial charge in [0.1, 0.15) is 0 Å². The number of unbranched alkanes of at least 4 members (excludes halogenated alkanes) is 2. The second-order valence-electron chi connectivity index (χ2n) is 10.9. The molecule has 6 nitrogen and oxygen atoms in total. The highest BCUT2D eigenvalue weighted by molar-refractivity contribution is 6.01. The number of benzene rings is 2. The number of nitrogens with zero attached hydrogens (tertiary/aromatic N) is 2. The lowest BCUT2D eigenvalue weighted by atomic mass is 9.84. The first-order valence-corrected chi connectivity index (χ1v) is 14.6. The molecule has 0 fully saturated rings. The molecule has 2 aliphatic heterocycles. The molecule has 0 amide bonds. The third-order valence-corrected chi connectivity index (χ3v) is 8.17. The molecule has 6 heteroatoms. The minimum Gasteiger partial charge on any atom is -0.347 e. The van der Waals surface area contributed by atoms with Crippen molar-refractivity contribution in [2.75, 3.05) is 22.9 Å². The fourth-order valence-electron chi connectivity index (χ4n) is 5.82. The quantitative estimate of drug-likeness (QED) is 0.239. The van der Waals surface area contributed by atoms with Crippen molar-refractivity contribution in [3.8, 4) is 11.1 Å². The van der Waals surface area contributed by atoms with E-state index in [-0.39, 0.29) is 22.3 Å². The fraction of sp³-hybridized carbons (Fsp3) is 0.222. The Labute approximate surface area is 244 Å². The Balaban J connectivity index is 1.41. The van der Waals surface area contributed by atoms with Crippen molar-refractivity contribution in [2.24, 2.45) is 0 Å². The second-order valence-corrected chi connectivity index (χ2v) is 10.9. The summed E-state index contributed by atoms with van der Waals surface area (Å²) in [6.07, 6.45) is 15.4. The molecule has 0 unspecified atom stereocenters. The lowest BCUT2D eigenvalue weighted by Crippen LogP contribution is -2.43. The molecule has 0 saturated carbocycles. The molecular formula is C36H32N2O4. The van der Waals surface area contributed by atoms with E-state index in [1.807, 2.05) is 73.1 Å². The van der Waals surface area contributed by atoms with Gasteiger partial charge in [-0.1, -0.05) is 63.1 Å². The van der Waals surface area contributed by atoms with Crippen LogP contribution in [0.4, 0.5) is 11.4 Å². The van der Waals surface area contributed by atoms with Gasteiger partial charge in [-0.25, -0.2) is 0 Å². The van der Waals surface area contributed by atoms with Gasteiger partial charge in [-0.2, -0.15) is 0 Å². The SMILES string of the molecule is CCCCN1C=C/C(=C\c2c(-c3c(/C=C4\C=CN(CCCC)c5ccccc54)c(=O)c3=O)c(=O)c2=O)c2ccccc21. The van der Waals surface area contributed by atoms with Gasteiger partial charge in [-0.05, 0) is 60.4 Å². The van der Waals surface area contributed by atoms with E-state index in [4.69, 9.17) is 0 Å². The third kappa shape index (κ3) is 4.53. The molecule has 0 saturated heterocycles. The van der Waals surface area contributed by atoms with Crippen LogP contribution in [0.25, 0.3) is 34.4 Å². The van der Waals surface area contributed by atoms with Crippen LogP contribution in [0.1, 0.15) is 61.8 Å². The molecular weight excluding hydrogens is 524 g/mol. The van der Waals surface area contributed by atoms with Crippen LogP contribution < -0.4 is 31.5 Å². The summed E-state index contributed by atoms with van der Waals surface area (Å²) in [6, 6.07) is 15.9. The number of allylic oxidation sites excluding steroid dienone is 4. The lowest BCUT2D eigenvalue weighted by molar-refractivity contribution is 0.781. The molecule has 0 radical (unpaired) electrons. The van der Waals surface area contributed by atoms with E-state index in [0.717, 1.165) is 72.4 Å². The third-order valence-electron chi connectivity index (χ3n) is 8.17. The zero-order chi connectivity index (χ0) is 29.4. The summed E-state index contributed by atoms with van der Waals surface area (Å²) in [5.41, 5.74) is 3.19. The zero-order valence-corrected chi connectivity index (χ0v) is 23.9. The van der Waals surface area contributed by atoms with Gasteiger partial charge in [0.15, 0.2) is 0 Å². The van der Waals surface area contributed by atoms with Gasteiger partial charge in [0, 0.05) is 70.2 Å². The maximum Gasteiger partial charge on any atom is 0.235 e. The molecule has 2 heterocycles. The summed E-state index contributed by atoms with van der Waals surface area (Å²) in [4.78, 5) is 55.8. The molecule has 0 atom stereocenters. The predicted molar refractivity (Wildman–Crippen MR) is 173 cm³/mol. The Morgan fingerprint density at radius 3 is 1.38 bits per heavy atom. The Hall–Kier alpha value is -4.84. The highest BCUT2D eigenvalue weighted by atomic mass is 16.2. The number of fused-ring (bicyclic) bond motifs is 2. The fourth-order valence-corrected chi connectivity index (χ4v) is 5.82. The maximum atomic E-state index is 12.9. The molecule has 4 aromatic rings. The van der Waals surface area contributed by atoms with Crippen molar-refractivity contribution in [3.63, 3.8) is 0 Å². The second kappa shape index (κ2) is 11.2. The number of para-hydroxylation sites is 2. The van der Waals surface area contributed by atoms with Crippen LogP contribution in [0.15, 0.2) is 92.3 Å². The molecule has 210 valence electrons. The Morgan fingerprint density at radius 1 is 0.571 bits per heavy atom. The smallest absolute Gasteiger partial charge is 0.235 e.